The largest absolute Gasteiger partial charge is 0.422 e. The summed E-state index contributed by atoms with van der Waals surface area (Å²) >= 11 is 0. The summed E-state index contributed by atoms with van der Waals surface area (Å²) in [6.45, 7) is 0.250. The molecule has 6 heteroatoms. The minimum Gasteiger partial charge on any atom is -0.422 e. The predicted molar refractivity (Wildman–Crippen MR) is 115 cm³/mol. The molecule has 0 bridgehead atoms. The normalized spacial score (nSPS) is 11.1. The lowest BCUT2D eigenvalue weighted by Gasteiger charge is -2.22. The first kappa shape index (κ1) is 17.9. The molecule has 0 radical (unpaired) electrons. The summed E-state index contributed by atoms with van der Waals surface area (Å²) < 4.78 is 7.31. The second-order valence-corrected chi connectivity index (χ2v) is 6.89. The number of amides is 1. The SMILES string of the molecule is O=C(c1cc2ccccc2oc1=O)N(Cc1cnc2ccccn12)c1ccccc1. The zero-order chi connectivity index (χ0) is 20.5. The average Bonchev–Trinajstić information content (AvgIpc) is 3.20. The van der Waals surface area contributed by atoms with E-state index in [0.717, 1.165) is 11.3 Å². The van der Waals surface area contributed by atoms with Gasteiger partial charge in [-0.15, -0.1) is 0 Å². The molecule has 0 fully saturated rings. The molecule has 3 aromatic heterocycles. The zero-order valence-electron chi connectivity index (χ0n) is 15.9. The van der Waals surface area contributed by atoms with Gasteiger partial charge in [0.15, 0.2) is 0 Å². The minimum absolute atomic E-state index is 0.00799. The molecule has 0 aliphatic heterocycles. The number of nitrogens with zero attached hydrogens (tertiary/aromatic N) is 3. The Morgan fingerprint density at radius 1 is 0.967 bits per heavy atom. The van der Waals surface area contributed by atoms with Gasteiger partial charge in [-0.1, -0.05) is 42.5 Å². The number of carbonyl (C=O) groups is 1. The summed E-state index contributed by atoms with van der Waals surface area (Å²) in [4.78, 5) is 32.1. The highest BCUT2D eigenvalue weighted by molar-refractivity contribution is 6.07. The van der Waals surface area contributed by atoms with Gasteiger partial charge in [0.2, 0.25) is 0 Å². The van der Waals surface area contributed by atoms with Crippen LogP contribution in [0.15, 0.2) is 100 Å². The van der Waals surface area contributed by atoms with E-state index in [-0.39, 0.29) is 12.1 Å². The van der Waals surface area contributed by atoms with Crippen molar-refractivity contribution in [2.45, 2.75) is 6.54 Å². The van der Waals surface area contributed by atoms with Crippen LogP contribution in [0.4, 0.5) is 5.69 Å². The van der Waals surface area contributed by atoms with Crippen LogP contribution in [0.5, 0.6) is 0 Å². The monoisotopic (exact) mass is 395 g/mol. The third-order valence-corrected chi connectivity index (χ3v) is 5.00. The van der Waals surface area contributed by atoms with Crippen LogP contribution in [0.2, 0.25) is 0 Å². The molecule has 0 N–H and O–H groups in total. The van der Waals surface area contributed by atoms with Crippen molar-refractivity contribution in [1.29, 1.82) is 0 Å². The Kier molecular flexibility index (Phi) is 4.37. The number of para-hydroxylation sites is 2. The second kappa shape index (κ2) is 7.33. The number of benzene rings is 2. The fourth-order valence-corrected chi connectivity index (χ4v) is 3.51. The van der Waals surface area contributed by atoms with Crippen LogP contribution in [0.1, 0.15) is 16.1 Å². The third-order valence-electron chi connectivity index (χ3n) is 5.00. The van der Waals surface area contributed by atoms with E-state index in [1.54, 1.807) is 29.3 Å². The maximum atomic E-state index is 13.5. The van der Waals surface area contributed by atoms with Gasteiger partial charge >= 0.3 is 5.63 Å². The molecule has 3 heterocycles. The molecule has 2 aromatic carbocycles. The first-order valence-corrected chi connectivity index (χ1v) is 9.51. The van der Waals surface area contributed by atoms with Crippen LogP contribution < -0.4 is 10.5 Å². The van der Waals surface area contributed by atoms with Crippen molar-refractivity contribution >= 4 is 28.2 Å². The maximum Gasteiger partial charge on any atom is 0.349 e. The molecule has 5 rings (SSSR count). The summed E-state index contributed by atoms with van der Waals surface area (Å²) in [5.41, 5.74) is 2.09. The Bertz CT molecular complexity index is 1420. The molecule has 0 aliphatic rings. The highest BCUT2D eigenvalue weighted by atomic mass is 16.4. The molecule has 0 saturated carbocycles. The molecule has 1 amide bonds. The lowest BCUT2D eigenvalue weighted by atomic mass is 10.1. The van der Waals surface area contributed by atoms with E-state index in [1.807, 2.05) is 71.3 Å². The first-order valence-electron chi connectivity index (χ1n) is 9.51. The van der Waals surface area contributed by atoms with Crippen molar-refractivity contribution in [3.63, 3.8) is 0 Å². The van der Waals surface area contributed by atoms with Gasteiger partial charge in [-0.25, -0.2) is 9.78 Å². The number of fused-ring (bicyclic) bond motifs is 2. The van der Waals surface area contributed by atoms with Crippen LogP contribution in [-0.4, -0.2) is 15.3 Å². The molecule has 0 atom stereocenters. The molecular formula is C24H17N3O3. The molecule has 0 unspecified atom stereocenters. The van der Waals surface area contributed by atoms with Crippen LogP contribution in [0, 0.1) is 0 Å². The van der Waals surface area contributed by atoms with Gasteiger partial charge < -0.3 is 13.7 Å². The first-order chi connectivity index (χ1) is 14.7. The summed E-state index contributed by atoms with van der Waals surface area (Å²) in [5.74, 6) is -0.424. The number of hydrogen-bond donors (Lipinski definition) is 0. The fourth-order valence-electron chi connectivity index (χ4n) is 3.51. The quantitative estimate of drug-likeness (QED) is 0.426. The van der Waals surface area contributed by atoms with Crippen LogP contribution >= 0.6 is 0 Å². The second-order valence-electron chi connectivity index (χ2n) is 6.89. The molecular weight excluding hydrogens is 378 g/mol. The molecule has 0 aliphatic carbocycles. The Hall–Kier alpha value is -4.19. The maximum absolute atomic E-state index is 13.5. The van der Waals surface area contributed by atoms with Crippen molar-refractivity contribution < 1.29 is 9.21 Å². The predicted octanol–water partition coefficient (Wildman–Crippen LogP) is 4.29. The molecule has 0 saturated heterocycles. The van der Waals surface area contributed by atoms with Crippen LogP contribution in [0.3, 0.4) is 0 Å². The number of pyridine rings is 1. The summed E-state index contributed by atoms with van der Waals surface area (Å²) in [5, 5.41) is 0.697. The van der Waals surface area contributed by atoms with E-state index in [2.05, 4.69) is 4.98 Å². The Labute approximate surface area is 171 Å². The minimum atomic E-state index is -0.655. The Balaban J connectivity index is 1.61. The number of anilines is 1. The molecule has 30 heavy (non-hydrogen) atoms. The van der Waals surface area contributed by atoms with Gasteiger partial charge in [0.05, 0.1) is 18.4 Å². The Morgan fingerprint density at radius 2 is 1.73 bits per heavy atom. The highest BCUT2D eigenvalue weighted by Gasteiger charge is 2.23. The molecule has 5 aromatic rings. The van der Waals surface area contributed by atoms with Crippen molar-refractivity contribution in [1.82, 2.24) is 9.38 Å². The van der Waals surface area contributed by atoms with Gasteiger partial charge in [-0.3, -0.25) is 4.79 Å². The number of carbonyl (C=O) groups excluding carboxylic acids is 1. The zero-order valence-corrected chi connectivity index (χ0v) is 15.9. The third kappa shape index (κ3) is 3.14. The summed E-state index contributed by atoms with van der Waals surface area (Å²) in [6.07, 6.45) is 3.64. The summed E-state index contributed by atoms with van der Waals surface area (Å²) in [7, 11) is 0. The average molecular weight is 395 g/mol. The molecule has 6 nitrogen and oxygen atoms in total. The molecule has 146 valence electrons. The van der Waals surface area contributed by atoms with E-state index in [0.29, 0.717) is 16.7 Å². The number of hydrogen-bond acceptors (Lipinski definition) is 4. The van der Waals surface area contributed by atoms with Crippen LogP contribution in [-0.2, 0) is 6.54 Å². The Morgan fingerprint density at radius 3 is 2.60 bits per heavy atom. The van der Waals surface area contributed by atoms with E-state index < -0.39 is 11.5 Å². The van der Waals surface area contributed by atoms with Crippen molar-refractivity contribution in [2.75, 3.05) is 4.90 Å². The smallest absolute Gasteiger partial charge is 0.349 e. The topological polar surface area (TPSA) is 67.8 Å². The van der Waals surface area contributed by atoms with Crippen molar-refractivity contribution in [2.24, 2.45) is 0 Å². The fraction of sp³-hybridized carbons (Fsp3) is 0.0417. The van der Waals surface area contributed by atoms with E-state index in [1.165, 1.54) is 0 Å². The van der Waals surface area contributed by atoms with Gasteiger partial charge in [0, 0.05) is 17.3 Å². The standard InChI is InChI=1S/C24H17N3O3/c28-23(20-14-17-8-4-5-11-21(17)30-24(20)29)27(18-9-2-1-3-10-18)16-19-15-25-22-12-6-7-13-26(19)22/h1-15H,16H2. The molecule has 0 spiro atoms. The van der Waals surface area contributed by atoms with Gasteiger partial charge in [-0.2, -0.15) is 0 Å². The van der Waals surface area contributed by atoms with Crippen molar-refractivity contribution in [3.05, 3.63) is 113 Å². The van der Waals surface area contributed by atoms with Gasteiger partial charge in [0.25, 0.3) is 5.91 Å². The van der Waals surface area contributed by atoms with Gasteiger partial charge in [-0.05, 0) is 36.4 Å². The number of imidazole rings is 1. The van der Waals surface area contributed by atoms with Gasteiger partial charge in [0.1, 0.15) is 16.8 Å². The number of aromatic nitrogens is 2. The van der Waals surface area contributed by atoms with Crippen LogP contribution in [0.25, 0.3) is 16.6 Å². The highest BCUT2D eigenvalue weighted by Crippen LogP contribution is 2.21. The van der Waals surface area contributed by atoms with E-state index >= 15 is 0 Å². The van der Waals surface area contributed by atoms with E-state index in [9.17, 15) is 9.59 Å². The lowest BCUT2D eigenvalue weighted by Crippen LogP contribution is -2.34. The lowest BCUT2D eigenvalue weighted by molar-refractivity contribution is 0.0981. The number of rotatable bonds is 4. The van der Waals surface area contributed by atoms with E-state index in [4.69, 9.17) is 4.42 Å². The summed E-state index contributed by atoms with van der Waals surface area (Å²) in [6, 6.07) is 23.7. The van der Waals surface area contributed by atoms with Crippen molar-refractivity contribution in [3.8, 4) is 0 Å².